The Labute approximate surface area is 175 Å². The van der Waals surface area contributed by atoms with E-state index in [1.165, 1.54) is 12.1 Å². The minimum atomic E-state index is -0.416. The van der Waals surface area contributed by atoms with Crippen molar-refractivity contribution in [3.63, 3.8) is 0 Å². The van der Waals surface area contributed by atoms with Gasteiger partial charge in [-0.1, -0.05) is 17.7 Å². The Morgan fingerprint density at radius 2 is 1.70 bits per heavy atom. The zero-order valence-corrected chi connectivity index (χ0v) is 17.4. The van der Waals surface area contributed by atoms with Gasteiger partial charge in [-0.15, -0.1) is 0 Å². The van der Waals surface area contributed by atoms with Crippen LogP contribution in [0, 0.1) is 19.7 Å². The topological polar surface area (TPSA) is 60.3 Å². The average Bonchev–Trinajstić information content (AvgIpc) is 3.05. The second-order valence-corrected chi connectivity index (χ2v) is 7.07. The summed E-state index contributed by atoms with van der Waals surface area (Å²) >= 11 is 0. The molecule has 0 aliphatic carbocycles. The summed E-state index contributed by atoms with van der Waals surface area (Å²) in [5, 5.41) is 2.88. The van der Waals surface area contributed by atoms with Crippen molar-refractivity contribution < 1.29 is 18.7 Å². The number of ether oxygens (including phenoxy) is 1. The number of aromatic nitrogens is 1. The Kier molecular flexibility index (Phi) is 6.67. The molecule has 2 aromatic carbocycles. The van der Waals surface area contributed by atoms with Gasteiger partial charge in [0.15, 0.2) is 0 Å². The van der Waals surface area contributed by atoms with Gasteiger partial charge in [-0.2, -0.15) is 0 Å². The zero-order valence-electron chi connectivity index (χ0n) is 17.4. The van der Waals surface area contributed by atoms with E-state index in [0.29, 0.717) is 17.8 Å². The number of carbonyl (C=O) groups is 2. The van der Waals surface area contributed by atoms with E-state index in [0.717, 1.165) is 22.5 Å². The molecule has 0 saturated carbocycles. The molecule has 0 radical (unpaired) electrons. The molecule has 6 heteroatoms. The average molecular weight is 408 g/mol. The first kappa shape index (κ1) is 21.3. The summed E-state index contributed by atoms with van der Waals surface area (Å²) in [7, 11) is 0. The molecule has 30 heavy (non-hydrogen) atoms. The van der Waals surface area contributed by atoms with Crippen LogP contribution in [0.2, 0.25) is 0 Å². The summed E-state index contributed by atoms with van der Waals surface area (Å²) in [6.45, 7) is 6.19. The molecule has 5 nitrogen and oxygen atoms in total. The minimum absolute atomic E-state index is 0.130. The first-order valence-corrected chi connectivity index (χ1v) is 9.88. The van der Waals surface area contributed by atoms with Crippen molar-refractivity contribution in [2.75, 3.05) is 11.9 Å². The lowest BCUT2D eigenvalue weighted by atomic mass is 10.1. The van der Waals surface area contributed by atoms with Crippen LogP contribution in [0.25, 0.3) is 11.3 Å². The number of esters is 1. The van der Waals surface area contributed by atoms with Crippen LogP contribution in [0.4, 0.5) is 10.1 Å². The number of halogens is 1. The van der Waals surface area contributed by atoms with Gasteiger partial charge in [0.25, 0.3) is 0 Å². The quantitative estimate of drug-likeness (QED) is 0.552. The van der Waals surface area contributed by atoms with Crippen LogP contribution < -0.4 is 5.32 Å². The van der Waals surface area contributed by atoms with Gasteiger partial charge in [-0.3, -0.25) is 4.79 Å². The van der Waals surface area contributed by atoms with Crippen molar-refractivity contribution in [3.05, 3.63) is 77.2 Å². The highest BCUT2D eigenvalue weighted by Crippen LogP contribution is 2.27. The number of carbonyl (C=O) groups excluding carboxylic acids is 2. The van der Waals surface area contributed by atoms with E-state index in [1.807, 2.05) is 42.7 Å². The molecular formula is C24H25FN2O3. The molecule has 0 aliphatic heterocycles. The molecule has 1 aromatic heterocycles. The third-order valence-corrected chi connectivity index (χ3v) is 4.90. The van der Waals surface area contributed by atoms with E-state index < -0.39 is 5.97 Å². The lowest BCUT2D eigenvalue weighted by molar-refractivity contribution is -0.116. The number of hydrogen-bond donors (Lipinski definition) is 1. The number of nitrogens with one attached hydrogen (secondary N) is 1. The highest BCUT2D eigenvalue weighted by atomic mass is 19.1. The van der Waals surface area contributed by atoms with Crippen LogP contribution in [0.5, 0.6) is 0 Å². The molecule has 1 heterocycles. The fourth-order valence-corrected chi connectivity index (χ4v) is 3.28. The molecule has 0 aliphatic rings. The standard InChI is InChI=1S/C24H25FN2O3/c1-4-30-24(29)21-15-22(18-7-9-19(25)10-8-18)27(17(21)3)14-13-23(28)26-20-11-5-16(2)6-12-20/h5-12,15H,4,13-14H2,1-3H3,(H,26,28). The molecule has 0 atom stereocenters. The second-order valence-electron chi connectivity index (χ2n) is 7.07. The Hall–Kier alpha value is -3.41. The van der Waals surface area contributed by atoms with E-state index in [2.05, 4.69) is 5.32 Å². The van der Waals surface area contributed by atoms with Crippen molar-refractivity contribution in [2.24, 2.45) is 0 Å². The summed E-state index contributed by atoms with van der Waals surface area (Å²) in [6.07, 6.45) is 0.222. The number of aryl methyl sites for hydroxylation is 1. The van der Waals surface area contributed by atoms with Gasteiger partial charge in [0.1, 0.15) is 5.82 Å². The van der Waals surface area contributed by atoms with Crippen molar-refractivity contribution in [1.82, 2.24) is 4.57 Å². The predicted octanol–water partition coefficient (Wildman–Crippen LogP) is 5.12. The third-order valence-electron chi connectivity index (χ3n) is 4.90. The molecule has 0 spiro atoms. The first-order valence-electron chi connectivity index (χ1n) is 9.88. The van der Waals surface area contributed by atoms with E-state index in [1.54, 1.807) is 25.1 Å². The molecule has 1 N–H and O–H groups in total. The van der Waals surface area contributed by atoms with E-state index >= 15 is 0 Å². The molecule has 0 fully saturated rings. The van der Waals surface area contributed by atoms with E-state index in [-0.39, 0.29) is 24.8 Å². The highest BCUT2D eigenvalue weighted by Gasteiger charge is 2.20. The fraction of sp³-hybridized carbons (Fsp3) is 0.250. The summed E-state index contributed by atoms with van der Waals surface area (Å²) in [4.78, 5) is 24.8. The van der Waals surface area contributed by atoms with Crippen molar-refractivity contribution >= 4 is 17.6 Å². The van der Waals surface area contributed by atoms with Crippen molar-refractivity contribution in [2.45, 2.75) is 33.7 Å². The number of hydrogen-bond acceptors (Lipinski definition) is 3. The third kappa shape index (κ3) is 4.95. The van der Waals surface area contributed by atoms with Gasteiger partial charge in [-0.05, 0) is 68.8 Å². The molecule has 0 saturated heterocycles. The smallest absolute Gasteiger partial charge is 0.339 e. The van der Waals surface area contributed by atoms with Gasteiger partial charge >= 0.3 is 5.97 Å². The normalized spacial score (nSPS) is 10.7. The van der Waals surface area contributed by atoms with Crippen LogP contribution in [0.15, 0.2) is 54.6 Å². The zero-order chi connectivity index (χ0) is 21.7. The SMILES string of the molecule is CCOC(=O)c1cc(-c2ccc(F)cc2)n(CCC(=O)Nc2ccc(C)cc2)c1C. The first-order chi connectivity index (χ1) is 14.4. The van der Waals surface area contributed by atoms with Crippen LogP contribution in [-0.2, 0) is 16.1 Å². The van der Waals surface area contributed by atoms with Crippen LogP contribution >= 0.6 is 0 Å². The lowest BCUT2D eigenvalue weighted by Crippen LogP contribution is -2.16. The lowest BCUT2D eigenvalue weighted by Gasteiger charge is -2.13. The molecule has 3 rings (SSSR count). The maximum atomic E-state index is 13.4. The van der Waals surface area contributed by atoms with Gasteiger partial charge < -0.3 is 14.6 Å². The fourth-order valence-electron chi connectivity index (χ4n) is 3.28. The maximum Gasteiger partial charge on any atom is 0.339 e. The summed E-state index contributed by atoms with van der Waals surface area (Å²) < 4.78 is 20.4. The number of benzene rings is 2. The van der Waals surface area contributed by atoms with Gasteiger partial charge in [0.05, 0.1) is 12.2 Å². The van der Waals surface area contributed by atoms with E-state index in [4.69, 9.17) is 4.74 Å². The van der Waals surface area contributed by atoms with Crippen molar-refractivity contribution in [1.29, 1.82) is 0 Å². The van der Waals surface area contributed by atoms with Gasteiger partial charge in [0, 0.05) is 30.0 Å². The second kappa shape index (κ2) is 9.39. The maximum absolute atomic E-state index is 13.4. The summed E-state index contributed by atoms with van der Waals surface area (Å²) in [5.74, 6) is -0.882. The number of rotatable bonds is 7. The molecule has 0 bridgehead atoms. The minimum Gasteiger partial charge on any atom is -0.462 e. The predicted molar refractivity (Wildman–Crippen MR) is 115 cm³/mol. The van der Waals surface area contributed by atoms with Crippen LogP contribution in [0.1, 0.15) is 35.0 Å². The summed E-state index contributed by atoms with van der Waals surface area (Å²) in [6, 6.07) is 15.4. The van der Waals surface area contributed by atoms with Crippen LogP contribution in [-0.4, -0.2) is 23.1 Å². The van der Waals surface area contributed by atoms with E-state index in [9.17, 15) is 14.0 Å². The monoisotopic (exact) mass is 408 g/mol. The van der Waals surface area contributed by atoms with Gasteiger partial charge in [-0.25, -0.2) is 9.18 Å². The largest absolute Gasteiger partial charge is 0.462 e. The Bertz CT molecular complexity index is 1040. The highest BCUT2D eigenvalue weighted by molar-refractivity contribution is 5.93. The molecule has 1 amide bonds. The Morgan fingerprint density at radius 1 is 1.03 bits per heavy atom. The summed E-state index contributed by atoms with van der Waals surface area (Å²) in [5.41, 5.74) is 4.49. The number of amides is 1. The number of anilines is 1. The molecule has 0 unspecified atom stereocenters. The molecule has 3 aromatic rings. The molecular weight excluding hydrogens is 383 g/mol. The van der Waals surface area contributed by atoms with Crippen LogP contribution in [0.3, 0.4) is 0 Å². The Morgan fingerprint density at radius 3 is 2.33 bits per heavy atom. The van der Waals surface area contributed by atoms with Gasteiger partial charge in [0.2, 0.25) is 5.91 Å². The molecule has 156 valence electrons. The Balaban J connectivity index is 1.84. The number of nitrogens with zero attached hydrogens (tertiary/aromatic N) is 1. The van der Waals surface area contributed by atoms with Crippen molar-refractivity contribution in [3.8, 4) is 11.3 Å².